The molecule has 0 saturated heterocycles. The maximum atomic E-state index is 5.08. The van der Waals surface area contributed by atoms with Crippen LogP contribution in [0.2, 0.25) is 0 Å². The molecule has 0 N–H and O–H groups in total. The molecule has 0 atom stereocenters. The molecule has 1 aliphatic rings. The molecule has 0 saturated carbocycles. The van der Waals surface area contributed by atoms with Crippen LogP contribution in [0.1, 0.15) is 25.0 Å². The van der Waals surface area contributed by atoms with Gasteiger partial charge in [-0.3, -0.25) is 0 Å². The summed E-state index contributed by atoms with van der Waals surface area (Å²) in [4.78, 5) is 15.0. The summed E-state index contributed by atoms with van der Waals surface area (Å²) < 4.78 is 0. The van der Waals surface area contributed by atoms with Crippen molar-refractivity contribution in [1.29, 1.82) is 0 Å². The number of pyridine rings is 1. The first kappa shape index (κ1) is 29.0. The van der Waals surface area contributed by atoms with Gasteiger partial charge in [0.25, 0.3) is 0 Å². The molecule has 9 rings (SSSR count). The van der Waals surface area contributed by atoms with E-state index in [2.05, 4.69) is 135 Å². The third-order valence-corrected chi connectivity index (χ3v) is 9.92. The molecule has 0 bridgehead atoms. The molecule has 0 radical (unpaired) electrons. The molecule has 0 amide bonds. The van der Waals surface area contributed by atoms with E-state index in [1.165, 1.54) is 33.4 Å². The predicted octanol–water partition coefficient (Wildman–Crippen LogP) is 11.7. The summed E-state index contributed by atoms with van der Waals surface area (Å²) in [6.07, 6.45) is 0. The molecule has 0 spiro atoms. The van der Waals surface area contributed by atoms with E-state index in [1.54, 1.807) is 0 Å². The minimum atomic E-state index is -0.0199. The third kappa shape index (κ3) is 5.12. The minimum Gasteiger partial charge on any atom is -0.244 e. The normalized spacial score (nSPS) is 12.9. The lowest BCUT2D eigenvalue weighted by Crippen LogP contribution is -2.14. The van der Waals surface area contributed by atoms with E-state index in [1.807, 2.05) is 42.5 Å². The van der Waals surface area contributed by atoms with Gasteiger partial charge in [-0.05, 0) is 74.8 Å². The van der Waals surface area contributed by atoms with Crippen LogP contribution in [-0.2, 0) is 5.41 Å². The molecule has 2 aromatic heterocycles. The monoisotopic (exact) mass is 627 g/mol. The highest BCUT2D eigenvalue weighted by Crippen LogP contribution is 2.49. The second-order valence-corrected chi connectivity index (χ2v) is 13.3. The molecular weight excluding hydrogens is 595 g/mol. The second-order valence-electron chi connectivity index (χ2n) is 13.3. The summed E-state index contributed by atoms with van der Waals surface area (Å²) in [6.45, 7) is 4.67. The van der Waals surface area contributed by atoms with Crippen LogP contribution in [0.4, 0.5) is 0 Å². The smallest absolute Gasteiger partial charge is 0.179 e. The van der Waals surface area contributed by atoms with Gasteiger partial charge in [0.15, 0.2) is 5.82 Å². The lowest BCUT2D eigenvalue weighted by Gasteiger charge is -2.22. The zero-order valence-corrected chi connectivity index (χ0v) is 27.4. The lowest BCUT2D eigenvalue weighted by molar-refractivity contribution is 0.660. The summed E-state index contributed by atoms with van der Waals surface area (Å²) in [5.41, 5.74) is 15.7. The van der Waals surface area contributed by atoms with E-state index in [0.29, 0.717) is 5.82 Å². The molecule has 0 unspecified atom stereocenters. The van der Waals surface area contributed by atoms with Crippen LogP contribution in [-0.4, -0.2) is 15.0 Å². The number of para-hydroxylation sites is 1. The average molecular weight is 628 g/mol. The van der Waals surface area contributed by atoms with Gasteiger partial charge >= 0.3 is 0 Å². The fraction of sp³-hybridized carbons (Fsp3) is 0.0652. The van der Waals surface area contributed by atoms with Gasteiger partial charge in [0.2, 0.25) is 0 Å². The Kier molecular flexibility index (Phi) is 6.80. The van der Waals surface area contributed by atoms with Crippen LogP contribution in [0.15, 0.2) is 164 Å². The number of hydrogen-bond donors (Lipinski definition) is 0. The number of hydrogen-bond acceptors (Lipinski definition) is 3. The minimum absolute atomic E-state index is 0.0199. The van der Waals surface area contributed by atoms with Crippen LogP contribution in [0.3, 0.4) is 0 Å². The summed E-state index contributed by atoms with van der Waals surface area (Å²) >= 11 is 0. The SMILES string of the molecule is CC1(C)c2ccccc2-c2ccc(-c3ccc(-c4cccc(-c5cc(-c6ccccc6)nc(-c6ccc7ccccc7n6)n5)c4)cc3)cc21. The van der Waals surface area contributed by atoms with Crippen LogP contribution >= 0.6 is 0 Å². The van der Waals surface area contributed by atoms with Crippen molar-refractivity contribution >= 4 is 10.9 Å². The number of rotatable bonds is 5. The number of benzene rings is 6. The van der Waals surface area contributed by atoms with Crippen LogP contribution in [0.25, 0.3) is 78.3 Å². The molecular formula is C46H33N3. The maximum Gasteiger partial charge on any atom is 0.179 e. The molecule has 0 aliphatic heterocycles. The van der Waals surface area contributed by atoms with Crippen molar-refractivity contribution in [3.63, 3.8) is 0 Å². The van der Waals surface area contributed by atoms with Gasteiger partial charge in [0, 0.05) is 21.9 Å². The van der Waals surface area contributed by atoms with E-state index in [9.17, 15) is 0 Å². The van der Waals surface area contributed by atoms with Crippen molar-refractivity contribution in [3.05, 3.63) is 175 Å². The summed E-state index contributed by atoms with van der Waals surface area (Å²) in [7, 11) is 0. The Morgan fingerprint density at radius 1 is 0.367 bits per heavy atom. The number of nitrogens with zero attached hydrogens (tertiary/aromatic N) is 3. The highest BCUT2D eigenvalue weighted by atomic mass is 14.9. The van der Waals surface area contributed by atoms with Gasteiger partial charge in [-0.15, -0.1) is 0 Å². The zero-order chi connectivity index (χ0) is 33.0. The Morgan fingerprint density at radius 3 is 1.80 bits per heavy atom. The van der Waals surface area contributed by atoms with E-state index < -0.39 is 0 Å². The summed E-state index contributed by atoms with van der Waals surface area (Å²) in [6, 6.07) is 57.9. The highest BCUT2D eigenvalue weighted by Gasteiger charge is 2.35. The summed E-state index contributed by atoms with van der Waals surface area (Å²) in [5, 5.41) is 1.09. The lowest BCUT2D eigenvalue weighted by atomic mass is 9.81. The van der Waals surface area contributed by atoms with Crippen molar-refractivity contribution in [3.8, 4) is 67.4 Å². The fourth-order valence-electron chi connectivity index (χ4n) is 7.25. The van der Waals surface area contributed by atoms with Crippen LogP contribution < -0.4 is 0 Å². The molecule has 6 aromatic carbocycles. The number of aromatic nitrogens is 3. The first-order valence-electron chi connectivity index (χ1n) is 16.8. The zero-order valence-electron chi connectivity index (χ0n) is 27.4. The van der Waals surface area contributed by atoms with Gasteiger partial charge in [-0.1, -0.05) is 147 Å². The first-order chi connectivity index (χ1) is 24.0. The first-order valence-corrected chi connectivity index (χ1v) is 16.8. The molecule has 2 heterocycles. The predicted molar refractivity (Wildman–Crippen MR) is 202 cm³/mol. The van der Waals surface area contributed by atoms with Crippen LogP contribution in [0.5, 0.6) is 0 Å². The van der Waals surface area contributed by atoms with Gasteiger partial charge in [0.05, 0.1) is 16.9 Å². The topological polar surface area (TPSA) is 38.7 Å². The van der Waals surface area contributed by atoms with E-state index >= 15 is 0 Å². The van der Waals surface area contributed by atoms with E-state index in [-0.39, 0.29) is 5.41 Å². The largest absolute Gasteiger partial charge is 0.244 e. The Morgan fingerprint density at radius 2 is 0.980 bits per heavy atom. The molecule has 0 fully saturated rings. The highest BCUT2D eigenvalue weighted by molar-refractivity contribution is 5.85. The molecule has 3 heteroatoms. The number of fused-ring (bicyclic) bond motifs is 4. The van der Waals surface area contributed by atoms with Crippen molar-refractivity contribution in [1.82, 2.24) is 15.0 Å². The molecule has 3 nitrogen and oxygen atoms in total. The van der Waals surface area contributed by atoms with Gasteiger partial charge in [-0.2, -0.15) is 0 Å². The van der Waals surface area contributed by atoms with Gasteiger partial charge in [0.1, 0.15) is 5.69 Å². The standard InChI is InChI=1S/C46H33N3/c1-46(2)39-17-8-7-16-37(39)38-25-23-35(28-40(38)46)31-21-19-30(20-22-31)34-14-10-15-36(27-34)44-29-43(32-11-4-3-5-12-32)48-45(49-44)42-26-24-33-13-6-9-18-41(33)47-42/h3-29H,1-2H3. The molecule has 49 heavy (non-hydrogen) atoms. The maximum absolute atomic E-state index is 5.08. The van der Waals surface area contributed by atoms with Crippen LogP contribution in [0, 0.1) is 0 Å². The summed E-state index contributed by atoms with van der Waals surface area (Å²) in [5.74, 6) is 0.609. The van der Waals surface area contributed by atoms with Crippen molar-refractivity contribution in [2.24, 2.45) is 0 Å². The average Bonchev–Trinajstić information content (AvgIpc) is 3.40. The van der Waals surface area contributed by atoms with Gasteiger partial charge < -0.3 is 0 Å². The van der Waals surface area contributed by atoms with E-state index in [0.717, 1.165) is 50.2 Å². The molecule has 232 valence electrons. The quantitative estimate of drug-likeness (QED) is 0.191. The fourth-order valence-corrected chi connectivity index (χ4v) is 7.25. The Hall–Kier alpha value is -6.19. The molecule has 8 aromatic rings. The van der Waals surface area contributed by atoms with Crippen molar-refractivity contribution in [2.75, 3.05) is 0 Å². The Balaban J connectivity index is 1.07. The third-order valence-electron chi connectivity index (χ3n) is 9.92. The molecule has 1 aliphatic carbocycles. The van der Waals surface area contributed by atoms with Gasteiger partial charge in [-0.25, -0.2) is 15.0 Å². The van der Waals surface area contributed by atoms with Crippen molar-refractivity contribution < 1.29 is 0 Å². The Labute approximate surface area is 286 Å². The van der Waals surface area contributed by atoms with E-state index in [4.69, 9.17) is 15.0 Å². The second kappa shape index (κ2) is 11.5. The Bertz CT molecular complexity index is 2510. The van der Waals surface area contributed by atoms with Crippen molar-refractivity contribution in [2.45, 2.75) is 19.3 Å².